The van der Waals surface area contributed by atoms with Gasteiger partial charge in [0.05, 0.1) is 17.9 Å². The van der Waals surface area contributed by atoms with Crippen LogP contribution in [-0.4, -0.2) is 39.1 Å². The highest BCUT2D eigenvalue weighted by atomic mass is 32.2. The molecule has 0 saturated carbocycles. The van der Waals surface area contributed by atoms with Crippen molar-refractivity contribution in [1.82, 2.24) is 4.72 Å². The van der Waals surface area contributed by atoms with E-state index in [4.69, 9.17) is 4.74 Å². The van der Waals surface area contributed by atoms with Gasteiger partial charge < -0.3 is 9.84 Å². The molecule has 2 rings (SSSR count). The fraction of sp³-hybridized carbons (Fsp3) is 0.538. The molecule has 1 aromatic carbocycles. The van der Waals surface area contributed by atoms with E-state index in [1.165, 1.54) is 7.11 Å². The predicted molar refractivity (Wildman–Crippen MR) is 72.3 cm³/mol. The number of ether oxygens (including phenoxy) is 1. The molecular weight excluding hydrogens is 266 g/mol. The molecule has 1 aliphatic carbocycles. The number of benzene rings is 1. The van der Waals surface area contributed by atoms with Crippen molar-refractivity contribution in [3.63, 3.8) is 0 Å². The summed E-state index contributed by atoms with van der Waals surface area (Å²) < 4.78 is 31.3. The minimum absolute atomic E-state index is 0.00618. The average molecular weight is 285 g/mol. The lowest BCUT2D eigenvalue weighted by atomic mass is 10.1. The number of hydrogen-bond acceptors (Lipinski definition) is 4. The standard InChI is InChI=1S/C13H19NO4S/c1-18-7-4-8-19(16,17)14-13-11-6-3-2-5-10(11)9-12(13)15/h2-3,5-6,12-15H,4,7-9H2,1H3/t12-,13+/m0/s1. The molecule has 1 aliphatic rings. The van der Waals surface area contributed by atoms with Crippen LogP contribution in [0, 0.1) is 0 Å². The largest absolute Gasteiger partial charge is 0.391 e. The van der Waals surface area contributed by atoms with Gasteiger partial charge in [0.2, 0.25) is 10.0 Å². The van der Waals surface area contributed by atoms with Crippen molar-refractivity contribution in [3.05, 3.63) is 35.4 Å². The van der Waals surface area contributed by atoms with E-state index in [0.717, 1.165) is 11.1 Å². The first-order valence-corrected chi connectivity index (χ1v) is 7.93. The Morgan fingerprint density at radius 2 is 2.16 bits per heavy atom. The molecule has 0 unspecified atom stereocenters. The van der Waals surface area contributed by atoms with Gasteiger partial charge in [-0.3, -0.25) is 0 Å². The quantitative estimate of drug-likeness (QED) is 0.751. The van der Waals surface area contributed by atoms with Crippen LogP contribution in [0.25, 0.3) is 0 Å². The summed E-state index contributed by atoms with van der Waals surface area (Å²) in [5, 5.41) is 9.99. The van der Waals surface area contributed by atoms with Crippen molar-refractivity contribution < 1.29 is 18.3 Å². The van der Waals surface area contributed by atoms with E-state index in [1.807, 2.05) is 24.3 Å². The van der Waals surface area contributed by atoms with Crippen molar-refractivity contribution in [3.8, 4) is 0 Å². The predicted octanol–water partition coefficient (Wildman–Crippen LogP) is 0.601. The summed E-state index contributed by atoms with van der Waals surface area (Å²) in [5.41, 5.74) is 1.87. The van der Waals surface area contributed by atoms with Gasteiger partial charge in [-0.05, 0) is 17.5 Å². The van der Waals surface area contributed by atoms with Crippen molar-refractivity contribution >= 4 is 10.0 Å². The zero-order valence-corrected chi connectivity index (χ0v) is 11.7. The Bertz CT molecular complexity index is 529. The fourth-order valence-corrected chi connectivity index (χ4v) is 3.65. The molecule has 0 amide bonds. The average Bonchev–Trinajstić information content (AvgIpc) is 2.66. The van der Waals surface area contributed by atoms with E-state index in [-0.39, 0.29) is 5.75 Å². The number of aliphatic hydroxyl groups is 1. The maximum atomic E-state index is 11.9. The molecule has 0 aliphatic heterocycles. The number of nitrogens with one attached hydrogen (secondary N) is 1. The maximum Gasteiger partial charge on any atom is 0.212 e. The van der Waals surface area contributed by atoms with E-state index in [0.29, 0.717) is 19.4 Å². The smallest absolute Gasteiger partial charge is 0.212 e. The fourth-order valence-electron chi connectivity index (χ4n) is 2.36. The molecule has 1 aromatic rings. The van der Waals surface area contributed by atoms with Crippen LogP contribution in [0.15, 0.2) is 24.3 Å². The number of methoxy groups -OCH3 is 1. The third-order valence-electron chi connectivity index (χ3n) is 3.27. The summed E-state index contributed by atoms with van der Waals surface area (Å²) in [7, 11) is -1.86. The van der Waals surface area contributed by atoms with Crippen LogP contribution < -0.4 is 4.72 Å². The van der Waals surface area contributed by atoms with Crippen LogP contribution >= 0.6 is 0 Å². The van der Waals surface area contributed by atoms with Crippen molar-refractivity contribution in [1.29, 1.82) is 0 Å². The molecule has 0 saturated heterocycles. The number of aliphatic hydroxyl groups excluding tert-OH is 1. The molecule has 2 N–H and O–H groups in total. The Balaban J connectivity index is 2.07. The molecule has 0 fully saturated rings. The molecule has 0 aromatic heterocycles. The van der Waals surface area contributed by atoms with Gasteiger partial charge in [0, 0.05) is 20.1 Å². The van der Waals surface area contributed by atoms with E-state index in [9.17, 15) is 13.5 Å². The molecular formula is C13H19NO4S. The third kappa shape index (κ3) is 3.54. The van der Waals surface area contributed by atoms with Crippen molar-refractivity contribution in [2.75, 3.05) is 19.5 Å². The highest BCUT2D eigenvalue weighted by molar-refractivity contribution is 7.89. The molecule has 19 heavy (non-hydrogen) atoms. The zero-order valence-electron chi connectivity index (χ0n) is 10.9. The minimum Gasteiger partial charge on any atom is -0.391 e. The van der Waals surface area contributed by atoms with E-state index in [1.54, 1.807) is 0 Å². The van der Waals surface area contributed by atoms with Gasteiger partial charge in [-0.15, -0.1) is 0 Å². The maximum absolute atomic E-state index is 11.9. The lowest BCUT2D eigenvalue weighted by Crippen LogP contribution is -2.35. The molecule has 0 spiro atoms. The van der Waals surface area contributed by atoms with Crippen LogP contribution in [-0.2, 0) is 21.2 Å². The summed E-state index contributed by atoms with van der Waals surface area (Å²) >= 11 is 0. The summed E-state index contributed by atoms with van der Waals surface area (Å²) in [6.45, 7) is 0.407. The van der Waals surface area contributed by atoms with Crippen LogP contribution in [0.1, 0.15) is 23.6 Å². The minimum atomic E-state index is -3.40. The highest BCUT2D eigenvalue weighted by Gasteiger charge is 2.33. The Labute approximate surface area is 113 Å². The molecule has 0 heterocycles. The zero-order chi connectivity index (χ0) is 13.9. The van der Waals surface area contributed by atoms with Gasteiger partial charge in [0.15, 0.2) is 0 Å². The van der Waals surface area contributed by atoms with E-state index in [2.05, 4.69) is 4.72 Å². The van der Waals surface area contributed by atoms with Crippen LogP contribution in [0.3, 0.4) is 0 Å². The second-order valence-corrected chi connectivity index (χ2v) is 6.60. The van der Waals surface area contributed by atoms with Crippen molar-refractivity contribution in [2.24, 2.45) is 0 Å². The Morgan fingerprint density at radius 1 is 1.42 bits per heavy atom. The Hall–Kier alpha value is -0.950. The van der Waals surface area contributed by atoms with Crippen molar-refractivity contribution in [2.45, 2.75) is 25.0 Å². The van der Waals surface area contributed by atoms with Gasteiger partial charge >= 0.3 is 0 Å². The highest BCUT2D eigenvalue weighted by Crippen LogP contribution is 2.31. The molecule has 0 radical (unpaired) electrons. The number of rotatable bonds is 6. The lowest BCUT2D eigenvalue weighted by Gasteiger charge is -2.17. The number of sulfonamides is 1. The first-order chi connectivity index (χ1) is 9.03. The van der Waals surface area contributed by atoms with E-state index >= 15 is 0 Å². The van der Waals surface area contributed by atoms with Gasteiger partial charge in [0.25, 0.3) is 0 Å². The lowest BCUT2D eigenvalue weighted by molar-refractivity contribution is 0.151. The summed E-state index contributed by atoms with van der Waals surface area (Å²) in [4.78, 5) is 0. The van der Waals surface area contributed by atoms with Crippen LogP contribution in [0.5, 0.6) is 0 Å². The normalized spacial score (nSPS) is 22.4. The first kappa shape index (κ1) is 14.5. The Morgan fingerprint density at radius 3 is 2.89 bits per heavy atom. The second-order valence-electron chi connectivity index (χ2n) is 4.73. The van der Waals surface area contributed by atoms with Gasteiger partial charge in [-0.2, -0.15) is 0 Å². The summed E-state index contributed by atoms with van der Waals surface area (Å²) in [6, 6.07) is 6.97. The molecule has 106 valence electrons. The second kappa shape index (κ2) is 6.00. The summed E-state index contributed by atoms with van der Waals surface area (Å²) in [5.74, 6) is 0.00618. The number of hydrogen-bond donors (Lipinski definition) is 2. The third-order valence-corrected chi connectivity index (χ3v) is 4.71. The van der Waals surface area contributed by atoms with Crippen LogP contribution in [0.2, 0.25) is 0 Å². The molecule has 0 bridgehead atoms. The Kier molecular flexibility index (Phi) is 4.57. The van der Waals surface area contributed by atoms with Gasteiger partial charge in [-0.1, -0.05) is 24.3 Å². The monoisotopic (exact) mass is 285 g/mol. The van der Waals surface area contributed by atoms with Crippen LogP contribution in [0.4, 0.5) is 0 Å². The van der Waals surface area contributed by atoms with Gasteiger partial charge in [-0.25, -0.2) is 13.1 Å². The van der Waals surface area contributed by atoms with Gasteiger partial charge in [0.1, 0.15) is 0 Å². The SMILES string of the molecule is COCCCS(=O)(=O)N[C@@H]1c2ccccc2C[C@@H]1O. The molecule has 5 nitrogen and oxygen atoms in total. The molecule has 2 atom stereocenters. The topological polar surface area (TPSA) is 75.6 Å². The first-order valence-electron chi connectivity index (χ1n) is 6.28. The number of fused-ring (bicyclic) bond motifs is 1. The van der Waals surface area contributed by atoms with E-state index < -0.39 is 22.2 Å². The molecule has 6 heteroatoms. The summed E-state index contributed by atoms with van der Waals surface area (Å²) in [6.07, 6.45) is 0.229.